The van der Waals surface area contributed by atoms with E-state index in [-0.39, 0.29) is 0 Å². The van der Waals surface area contributed by atoms with Gasteiger partial charge in [-0.2, -0.15) is 11.8 Å². The summed E-state index contributed by atoms with van der Waals surface area (Å²) in [5, 5.41) is 0. The molecule has 3 unspecified atom stereocenters. The molecule has 2 saturated carbocycles. The average Bonchev–Trinajstić information content (AvgIpc) is 2.51. The molecule has 0 heterocycles. The smallest absolute Gasteiger partial charge is 0.0637 e. The molecule has 2 aliphatic carbocycles. The molecule has 2 aliphatic rings. The van der Waals surface area contributed by atoms with Crippen LogP contribution in [0.5, 0.6) is 0 Å². The van der Waals surface area contributed by atoms with Crippen molar-refractivity contribution in [1.29, 1.82) is 0 Å². The lowest BCUT2D eigenvalue weighted by atomic mass is 9.70. The third-order valence-corrected chi connectivity index (χ3v) is 5.90. The second-order valence-corrected chi connectivity index (χ2v) is 6.95. The van der Waals surface area contributed by atoms with Gasteiger partial charge in [0.15, 0.2) is 0 Å². The lowest BCUT2D eigenvalue weighted by Gasteiger charge is -2.38. The van der Waals surface area contributed by atoms with Crippen molar-refractivity contribution in [3.05, 3.63) is 0 Å². The Balaban J connectivity index is 1.99. The van der Waals surface area contributed by atoms with Crippen LogP contribution in [0.4, 0.5) is 0 Å². The highest BCUT2D eigenvalue weighted by atomic mass is 32.2. The van der Waals surface area contributed by atoms with E-state index in [2.05, 4.69) is 27.0 Å². The van der Waals surface area contributed by atoms with Gasteiger partial charge in [-0.1, -0.05) is 20.8 Å². The predicted octanol–water partition coefficient (Wildman–Crippen LogP) is 3.58. The second-order valence-electron chi connectivity index (χ2n) is 5.96. The first-order valence-electron chi connectivity index (χ1n) is 6.13. The molecule has 88 valence electrons. The number of thioether (sulfide) groups is 1. The monoisotopic (exact) mass is 228 g/mol. The molecule has 2 heteroatoms. The average molecular weight is 228 g/mol. The first-order chi connectivity index (χ1) is 7.02. The van der Waals surface area contributed by atoms with Crippen LogP contribution in [0.2, 0.25) is 0 Å². The van der Waals surface area contributed by atoms with Gasteiger partial charge in [-0.25, -0.2) is 0 Å². The van der Waals surface area contributed by atoms with Crippen molar-refractivity contribution in [3.63, 3.8) is 0 Å². The maximum Gasteiger partial charge on any atom is 0.0637 e. The minimum atomic E-state index is 0.441. The lowest BCUT2D eigenvalue weighted by molar-refractivity contribution is -0.0402. The van der Waals surface area contributed by atoms with Gasteiger partial charge in [0, 0.05) is 5.75 Å². The molecule has 0 aromatic heterocycles. The number of ether oxygens (including phenoxy) is 1. The van der Waals surface area contributed by atoms with E-state index < -0.39 is 0 Å². The third-order valence-electron chi connectivity index (χ3n) is 5.32. The Bertz CT molecular complexity index is 239. The van der Waals surface area contributed by atoms with Crippen LogP contribution < -0.4 is 0 Å². The normalized spacial score (nSPS) is 42.4. The van der Waals surface area contributed by atoms with E-state index in [1.807, 2.05) is 11.8 Å². The molecule has 0 aromatic carbocycles. The minimum absolute atomic E-state index is 0.441. The first kappa shape index (κ1) is 11.8. The summed E-state index contributed by atoms with van der Waals surface area (Å²) < 4.78 is 6.10. The van der Waals surface area contributed by atoms with Crippen molar-refractivity contribution >= 4 is 11.8 Å². The molecule has 0 aliphatic heterocycles. The van der Waals surface area contributed by atoms with Gasteiger partial charge in [-0.15, -0.1) is 0 Å². The van der Waals surface area contributed by atoms with E-state index in [0.717, 1.165) is 18.3 Å². The van der Waals surface area contributed by atoms with Crippen LogP contribution in [0.1, 0.15) is 40.0 Å². The minimum Gasteiger partial charge on any atom is -0.377 e. The molecule has 0 radical (unpaired) electrons. The number of hydrogen-bond acceptors (Lipinski definition) is 2. The Morgan fingerprint density at radius 2 is 2.07 bits per heavy atom. The zero-order valence-corrected chi connectivity index (χ0v) is 11.3. The van der Waals surface area contributed by atoms with E-state index in [1.165, 1.54) is 19.3 Å². The van der Waals surface area contributed by atoms with Gasteiger partial charge in [0.05, 0.1) is 12.7 Å². The van der Waals surface area contributed by atoms with Gasteiger partial charge in [-0.05, 0) is 42.3 Å². The predicted molar refractivity (Wildman–Crippen MR) is 67.4 cm³/mol. The molecule has 2 bridgehead atoms. The van der Waals surface area contributed by atoms with Gasteiger partial charge in [0.2, 0.25) is 0 Å². The molecule has 3 atom stereocenters. The van der Waals surface area contributed by atoms with E-state index in [9.17, 15) is 0 Å². The largest absolute Gasteiger partial charge is 0.377 e. The summed E-state index contributed by atoms with van der Waals surface area (Å²) in [4.78, 5) is 0. The summed E-state index contributed by atoms with van der Waals surface area (Å²) in [5.41, 5.74) is 0.938. The topological polar surface area (TPSA) is 9.23 Å². The highest BCUT2D eigenvalue weighted by molar-refractivity contribution is 7.98. The van der Waals surface area contributed by atoms with Crippen molar-refractivity contribution in [3.8, 4) is 0 Å². The molecule has 15 heavy (non-hydrogen) atoms. The van der Waals surface area contributed by atoms with Gasteiger partial charge < -0.3 is 4.74 Å². The summed E-state index contributed by atoms with van der Waals surface area (Å²) in [6.45, 7) is 8.28. The number of rotatable bonds is 4. The van der Waals surface area contributed by atoms with Crippen molar-refractivity contribution in [2.45, 2.75) is 46.1 Å². The molecular weight excluding hydrogens is 204 g/mol. The zero-order chi connectivity index (χ0) is 11.1. The fraction of sp³-hybridized carbons (Fsp3) is 1.00. The summed E-state index contributed by atoms with van der Waals surface area (Å²) in [6, 6.07) is 0. The summed E-state index contributed by atoms with van der Waals surface area (Å²) in [7, 11) is 0. The SMILES string of the molecule is CSCCOC1CC2CCC1(C)C2(C)C. The molecule has 0 saturated heterocycles. The molecule has 0 spiro atoms. The number of hydrogen-bond donors (Lipinski definition) is 0. The molecule has 0 amide bonds. The summed E-state index contributed by atoms with van der Waals surface area (Å²) >= 11 is 1.88. The van der Waals surface area contributed by atoms with Gasteiger partial charge in [0.1, 0.15) is 0 Å². The Hall–Kier alpha value is 0.310. The second kappa shape index (κ2) is 3.96. The van der Waals surface area contributed by atoms with Crippen LogP contribution in [-0.4, -0.2) is 24.7 Å². The fourth-order valence-electron chi connectivity index (χ4n) is 3.66. The van der Waals surface area contributed by atoms with E-state index in [4.69, 9.17) is 4.74 Å². The fourth-order valence-corrected chi connectivity index (χ4v) is 3.92. The quantitative estimate of drug-likeness (QED) is 0.680. The van der Waals surface area contributed by atoms with E-state index in [1.54, 1.807) is 0 Å². The van der Waals surface area contributed by atoms with Crippen molar-refractivity contribution in [2.75, 3.05) is 18.6 Å². The van der Waals surface area contributed by atoms with Crippen LogP contribution in [0, 0.1) is 16.7 Å². The zero-order valence-electron chi connectivity index (χ0n) is 10.5. The molecule has 0 aromatic rings. The first-order valence-corrected chi connectivity index (χ1v) is 7.52. The molecule has 2 fully saturated rings. The molecule has 1 nitrogen and oxygen atoms in total. The Morgan fingerprint density at radius 1 is 1.33 bits per heavy atom. The van der Waals surface area contributed by atoms with Gasteiger partial charge in [0.25, 0.3) is 0 Å². The lowest BCUT2D eigenvalue weighted by Crippen LogP contribution is -2.37. The van der Waals surface area contributed by atoms with Crippen molar-refractivity contribution in [2.24, 2.45) is 16.7 Å². The van der Waals surface area contributed by atoms with Crippen LogP contribution in [-0.2, 0) is 4.74 Å². The van der Waals surface area contributed by atoms with Crippen LogP contribution >= 0.6 is 11.8 Å². The van der Waals surface area contributed by atoms with Crippen molar-refractivity contribution in [1.82, 2.24) is 0 Å². The van der Waals surface area contributed by atoms with E-state index in [0.29, 0.717) is 16.9 Å². The van der Waals surface area contributed by atoms with Crippen LogP contribution in [0.15, 0.2) is 0 Å². The van der Waals surface area contributed by atoms with Gasteiger partial charge >= 0.3 is 0 Å². The molecule has 0 N–H and O–H groups in total. The van der Waals surface area contributed by atoms with E-state index >= 15 is 0 Å². The number of fused-ring (bicyclic) bond motifs is 2. The van der Waals surface area contributed by atoms with Gasteiger partial charge in [-0.3, -0.25) is 0 Å². The van der Waals surface area contributed by atoms with Crippen molar-refractivity contribution < 1.29 is 4.74 Å². The maximum atomic E-state index is 6.10. The summed E-state index contributed by atoms with van der Waals surface area (Å²) in [6.07, 6.45) is 6.77. The van der Waals surface area contributed by atoms with Crippen LogP contribution in [0.25, 0.3) is 0 Å². The Labute approximate surface area is 98.3 Å². The highest BCUT2D eigenvalue weighted by Crippen LogP contribution is 2.66. The standard InChI is InChI=1S/C13H24OS/c1-12(2)10-5-6-13(12,3)11(9-10)14-7-8-15-4/h10-11H,5-9H2,1-4H3. The summed E-state index contributed by atoms with van der Waals surface area (Å²) in [5.74, 6) is 2.04. The molecule has 2 rings (SSSR count). The third kappa shape index (κ3) is 1.64. The Kier molecular flexibility index (Phi) is 3.11. The maximum absolute atomic E-state index is 6.10. The Morgan fingerprint density at radius 3 is 2.53 bits per heavy atom. The molecular formula is C13H24OS. The highest BCUT2D eigenvalue weighted by Gasteiger charge is 2.61. The van der Waals surface area contributed by atoms with Crippen LogP contribution in [0.3, 0.4) is 0 Å².